The molecule has 0 atom stereocenters. The summed E-state index contributed by atoms with van der Waals surface area (Å²) in [6.45, 7) is 4.01. The molecule has 2 aromatic rings. The SMILES string of the molecule is CC(C)Oc1ccc(CNS(=O)(=O)c2ccc(C#N)c(Cl)c2)cc1. The van der Waals surface area contributed by atoms with Crippen LogP contribution in [0.5, 0.6) is 5.75 Å². The van der Waals surface area contributed by atoms with E-state index in [1.54, 1.807) is 24.3 Å². The second-order valence-corrected chi connectivity index (χ2v) is 7.56. The van der Waals surface area contributed by atoms with E-state index in [9.17, 15) is 8.42 Å². The molecular formula is C17H17ClN2O3S. The quantitative estimate of drug-likeness (QED) is 0.851. The van der Waals surface area contributed by atoms with Gasteiger partial charge in [0.1, 0.15) is 11.8 Å². The number of nitrogens with zero attached hydrogens (tertiary/aromatic N) is 1. The second-order valence-electron chi connectivity index (χ2n) is 5.39. The molecule has 0 spiro atoms. The highest BCUT2D eigenvalue weighted by molar-refractivity contribution is 7.89. The molecule has 0 heterocycles. The van der Waals surface area contributed by atoms with E-state index >= 15 is 0 Å². The van der Waals surface area contributed by atoms with Gasteiger partial charge < -0.3 is 4.74 Å². The smallest absolute Gasteiger partial charge is 0.240 e. The number of hydrogen-bond donors (Lipinski definition) is 1. The first-order chi connectivity index (χ1) is 11.3. The van der Waals surface area contributed by atoms with Crippen LogP contribution in [0.4, 0.5) is 0 Å². The normalized spacial score (nSPS) is 11.3. The zero-order chi connectivity index (χ0) is 17.7. The molecule has 7 heteroatoms. The second kappa shape index (κ2) is 7.67. The maximum Gasteiger partial charge on any atom is 0.240 e. The Labute approximate surface area is 146 Å². The number of ether oxygens (including phenoxy) is 1. The van der Waals surface area contributed by atoms with Crippen molar-refractivity contribution in [2.45, 2.75) is 31.4 Å². The van der Waals surface area contributed by atoms with Gasteiger partial charge in [0.25, 0.3) is 0 Å². The van der Waals surface area contributed by atoms with Crippen LogP contribution in [0, 0.1) is 11.3 Å². The Kier molecular flexibility index (Phi) is 5.84. The lowest BCUT2D eigenvalue weighted by Crippen LogP contribution is -2.23. The van der Waals surface area contributed by atoms with Crippen LogP contribution >= 0.6 is 11.6 Å². The average molecular weight is 365 g/mol. The Morgan fingerprint density at radius 1 is 1.21 bits per heavy atom. The molecule has 0 aliphatic carbocycles. The van der Waals surface area contributed by atoms with Gasteiger partial charge in [-0.1, -0.05) is 23.7 Å². The largest absolute Gasteiger partial charge is 0.491 e. The first-order valence-corrected chi connectivity index (χ1v) is 9.13. The molecule has 5 nitrogen and oxygen atoms in total. The van der Waals surface area contributed by atoms with Crippen molar-refractivity contribution in [2.75, 3.05) is 0 Å². The zero-order valence-corrected chi connectivity index (χ0v) is 14.9. The van der Waals surface area contributed by atoms with Crippen molar-refractivity contribution in [3.05, 3.63) is 58.6 Å². The topological polar surface area (TPSA) is 79.2 Å². The third-order valence-electron chi connectivity index (χ3n) is 3.13. The highest BCUT2D eigenvalue weighted by Crippen LogP contribution is 2.20. The summed E-state index contributed by atoms with van der Waals surface area (Å²) in [7, 11) is -3.71. The van der Waals surface area contributed by atoms with Gasteiger partial charge in [0, 0.05) is 6.54 Å². The number of sulfonamides is 1. The molecule has 0 saturated carbocycles. The summed E-state index contributed by atoms with van der Waals surface area (Å²) in [5.41, 5.74) is 1.03. The highest BCUT2D eigenvalue weighted by atomic mass is 35.5. The molecule has 0 aliphatic rings. The predicted octanol–water partition coefficient (Wildman–Crippen LogP) is 3.48. The zero-order valence-electron chi connectivity index (χ0n) is 13.3. The van der Waals surface area contributed by atoms with Gasteiger partial charge in [-0.05, 0) is 49.7 Å². The maximum absolute atomic E-state index is 12.3. The molecule has 0 aliphatic heterocycles. The summed E-state index contributed by atoms with van der Waals surface area (Å²) >= 11 is 5.88. The molecule has 1 N–H and O–H groups in total. The Hall–Kier alpha value is -2.07. The van der Waals surface area contributed by atoms with Gasteiger partial charge in [-0.15, -0.1) is 0 Å². The number of benzene rings is 2. The summed E-state index contributed by atoms with van der Waals surface area (Å²) in [5.74, 6) is 0.732. The number of nitriles is 1. The molecule has 2 aromatic carbocycles. The fourth-order valence-corrected chi connectivity index (χ4v) is 3.30. The standard InChI is InChI=1S/C17H17ClN2O3S/c1-12(2)23-15-6-3-13(4-7-15)11-20-24(21,22)16-8-5-14(10-19)17(18)9-16/h3-9,12,20H,11H2,1-2H3. The van der Waals surface area contributed by atoms with Crippen molar-refractivity contribution in [3.8, 4) is 11.8 Å². The average Bonchev–Trinajstić information content (AvgIpc) is 2.53. The van der Waals surface area contributed by atoms with Crippen LogP contribution in [0.25, 0.3) is 0 Å². The van der Waals surface area contributed by atoms with E-state index in [0.29, 0.717) is 0 Å². The van der Waals surface area contributed by atoms with E-state index in [0.717, 1.165) is 11.3 Å². The minimum absolute atomic E-state index is 0.0197. The van der Waals surface area contributed by atoms with Gasteiger partial charge in [0.2, 0.25) is 10.0 Å². The van der Waals surface area contributed by atoms with Crippen molar-refractivity contribution in [2.24, 2.45) is 0 Å². The summed E-state index contributed by atoms with van der Waals surface area (Å²) in [4.78, 5) is 0.0197. The lowest BCUT2D eigenvalue weighted by molar-refractivity contribution is 0.242. The minimum atomic E-state index is -3.71. The van der Waals surface area contributed by atoms with Crippen molar-refractivity contribution >= 4 is 21.6 Å². The molecule has 0 fully saturated rings. The van der Waals surface area contributed by atoms with Crippen LogP contribution in [0.3, 0.4) is 0 Å². The molecule has 2 rings (SSSR count). The molecule has 126 valence electrons. The van der Waals surface area contributed by atoms with E-state index in [4.69, 9.17) is 21.6 Å². The number of hydrogen-bond acceptors (Lipinski definition) is 4. The Balaban J connectivity index is 2.07. The van der Waals surface area contributed by atoms with Crippen LogP contribution in [0.1, 0.15) is 25.0 Å². The van der Waals surface area contributed by atoms with Crippen LogP contribution in [-0.2, 0) is 16.6 Å². The van der Waals surface area contributed by atoms with Crippen LogP contribution in [0.2, 0.25) is 5.02 Å². The summed E-state index contributed by atoms with van der Waals surface area (Å²) in [6, 6.07) is 13.1. The fraction of sp³-hybridized carbons (Fsp3) is 0.235. The van der Waals surface area contributed by atoms with E-state index in [-0.39, 0.29) is 28.1 Å². The molecule has 0 amide bonds. The monoisotopic (exact) mass is 364 g/mol. The number of rotatable bonds is 6. The van der Waals surface area contributed by atoms with Crippen LogP contribution in [-0.4, -0.2) is 14.5 Å². The molecule has 0 aromatic heterocycles. The number of halogens is 1. The summed E-state index contributed by atoms with van der Waals surface area (Å²) in [5, 5.41) is 8.94. The van der Waals surface area contributed by atoms with E-state index in [1.165, 1.54) is 18.2 Å². The van der Waals surface area contributed by atoms with Gasteiger partial charge in [0.05, 0.1) is 21.6 Å². The first-order valence-electron chi connectivity index (χ1n) is 7.27. The lowest BCUT2D eigenvalue weighted by Gasteiger charge is -2.11. The predicted molar refractivity (Wildman–Crippen MR) is 92.4 cm³/mol. The van der Waals surface area contributed by atoms with Gasteiger partial charge in [-0.2, -0.15) is 5.26 Å². The lowest BCUT2D eigenvalue weighted by atomic mass is 10.2. The van der Waals surface area contributed by atoms with Gasteiger partial charge in [0.15, 0.2) is 0 Å². The Morgan fingerprint density at radius 3 is 2.42 bits per heavy atom. The fourth-order valence-electron chi connectivity index (χ4n) is 1.97. The highest BCUT2D eigenvalue weighted by Gasteiger charge is 2.15. The third kappa shape index (κ3) is 4.71. The van der Waals surface area contributed by atoms with Crippen molar-refractivity contribution in [1.82, 2.24) is 4.72 Å². The summed E-state index contributed by atoms with van der Waals surface area (Å²) < 4.78 is 32.6. The Bertz CT molecular complexity index is 856. The van der Waals surface area contributed by atoms with Crippen molar-refractivity contribution < 1.29 is 13.2 Å². The molecule has 0 bridgehead atoms. The van der Waals surface area contributed by atoms with Crippen molar-refractivity contribution in [1.29, 1.82) is 5.26 Å². The first kappa shape index (κ1) is 18.3. The van der Waals surface area contributed by atoms with Gasteiger partial charge in [-0.3, -0.25) is 0 Å². The van der Waals surface area contributed by atoms with Gasteiger partial charge >= 0.3 is 0 Å². The number of nitrogens with one attached hydrogen (secondary N) is 1. The molecule has 0 saturated heterocycles. The van der Waals surface area contributed by atoms with E-state index < -0.39 is 10.0 Å². The van der Waals surface area contributed by atoms with Crippen LogP contribution in [0.15, 0.2) is 47.4 Å². The maximum atomic E-state index is 12.3. The minimum Gasteiger partial charge on any atom is -0.491 e. The van der Waals surface area contributed by atoms with E-state index in [2.05, 4.69) is 4.72 Å². The Morgan fingerprint density at radius 2 is 1.88 bits per heavy atom. The summed E-state index contributed by atoms with van der Waals surface area (Å²) in [6.07, 6.45) is 0.0792. The van der Waals surface area contributed by atoms with Crippen molar-refractivity contribution in [3.63, 3.8) is 0 Å². The molecule has 24 heavy (non-hydrogen) atoms. The van der Waals surface area contributed by atoms with Gasteiger partial charge in [-0.25, -0.2) is 13.1 Å². The van der Waals surface area contributed by atoms with E-state index in [1.807, 2.05) is 19.9 Å². The van der Waals surface area contributed by atoms with Crippen LogP contribution < -0.4 is 9.46 Å². The molecular weight excluding hydrogens is 348 g/mol. The molecule has 0 radical (unpaired) electrons. The third-order valence-corrected chi connectivity index (χ3v) is 4.84. The molecule has 0 unspecified atom stereocenters.